The Morgan fingerprint density at radius 2 is 1.85 bits per heavy atom. The van der Waals surface area contributed by atoms with Crippen molar-refractivity contribution < 1.29 is 0 Å². The molecule has 2 N–H and O–H groups in total. The van der Waals surface area contributed by atoms with Crippen LogP contribution in [0.3, 0.4) is 0 Å². The minimum atomic E-state index is 0.896. The lowest BCUT2D eigenvalue weighted by Crippen LogP contribution is -2.28. The lowest BCUT2D eigenvalue weighted by molar-refractivity contribution is 0.344. The second-order valence-corrected chi connectivity index (χ2v) is 4.56. The van der Waals surface area contributed by atoms with Gasteiger partial charge in [0.2, 0.25) is 0 Å². The smallest absolute Gasteiger partial charge is 0.00682 e. The van der Waals surface area contributed by atoms with E-state index in [1.165, 1.54) is 58.2 Å². The zero-order chi connectivity index (χ0) is 8.93. The molecule has 0 aromatic carbocycles. The summed E-state index contributed by atoms with van der Waals surface area (Å²) in [5, 5.41) is 7.00. The molecule has 0 aromatic heterocycles. The van der Waals surface area contributed by atoms with E-state index in [1.54, 1.807) is 0 Å². The summed E-state index contributed by atoms with van der Waals surface area (Å²) in [5.74, 6) is 1.02. The predicted molar refractivity (Wildman–Crippen MR) is 55.9 cm³/mol. The topological polar surface area (TPSA) is 24.1 Å². The van der Waals surface area contributed by atoms with E-state index in [-0.39, 0.29) is 0 Å². The molecular weight excluding hydrogens is 160 g/mol. The summed E-state index contributed by atoms with van der Waals surface area (Å²) >= 11 is 0. The molecule has 2 heteroatoms. The fourth-order valence-electron chi connectivity index (χ4n) is 2.15. The molecule has 0 bridgehead atoms. The van der Waals surface area contributed by atoms with Gasteiger partial charge in [0.15, 0.2) is 0 Å². The van der Waals surface area contributed by atoms with Crippen molar-refractivity contribution in [1.29, 1.82) is 0 Å². The van der Waals surface area contributed by atoms with E-state index in [1.807, 2.05) is 0 Å². The van der Waals surface area contributed by atoms with Gasteiger partial charge >= 0.3 is 0 Å². The maximum atomic E-state index is 3.58. The highest BCUT2D eigenvalue weighted by Crippen LogP contribution is 2.20. The van der Waals surface area contributed by atoms with Crippen molar-refractivity contribution in [1.82, 2.24) is 10.6 Å². The van der Waals surface area contributed by atoms with Gasteiger partial charge in [0.25, 0.3) is 0 Å². The van der Waals surface area contributed by atoms with Crippen molar-refractivity contribution in [3.05, 3.63) is 0 Å². The van der Waals surface area contributed by atoms with E-state index >= 15 is 0 Å². The SMILES string of the molecule is C(CNC1CC1)CC1CCNCC1. The molecule has 0 aromatic rings. The van der Waals surface area contributed by atoms with Crippen molar-refractivity contribution >= 4 is 0 Å². The van der Waals surface area contributed by atoms with Gasteiger partial charge in [-0.05, 0) is 64.1 Å². The summed E-state index contributed by atoms with van der Waals surface area (Å²) in [6, 6.07) is 0.896. The van der Waals surface area contributed by atoms with Crippen molar-refractivity contribution in [2.75, 3.05) is 19.6 Å². The fraction of sp³-hybridized carbons (Fsp3) is 1.00. The van der Waals surface area contributed by atoms with Crippen LogP contribution in [-0.4, -0.2) is 25.7 Å². The summed E-state index contributed by atoms with van der Waals surface area (Å²) in [7, 11) is 0. The molecule has 76 valence electrons. The van der Waals surface area contributed by atoms with Gasteiger partial charge in [0.05, 0.1) is 0 Å². The molecule has 1 heterocycles. The van der Waals surface area contributed by atoms with E-state index in [4.69, 9.17) is 0 Å². The Labute approximate surface area is 81.5 Å². The Balaban J connectivity index is 1.46. The number of piperidine rings is 1. The van der Waals surface area contributed by atoms with Crippen molar-refractivity contribution in [2.24, 2.45) is 5.92 Å². The quantitative estimate of drug-likeness (QED) is 0.630. The first-order valence-corrected chi connectivity index (χ1v) is 5.89. The van der Waals surface area contributed by atoms with Crippen molar-refractivity contribution in [2.45, 2.75) is 44.6 Å². The molecule has 0 radical (unpaired) electrons. The van der Waals surface area contributed by atoms with E-state index in [9.17, 15) is 0 Å². The zero-order valence-corrected chi connectivity index (χ0v) is 8.52. The summed E-state index contributed by atoms with van der Waals surface area (Å²) in [4.78, 5) is 0. The Morgan fingerprint density at radius 3 is 2.54 bits per heavy atom. The number of rotatable bonds is 5. The van der Waals surface area contributed by atoms with Gasteiger partial charge < -0.3 is 10.6 Å². The summed E-state index contributed by atoms with van der Waals surface area (Å²) in [5.41, 5.74) is 0. The molecule has 0 unspecified atom stereocenters. The number of nitrogens with one attached hydrogen (secondary N) is 2. The second kappa shape index (κ2) is 4.97. The third-order valence-electron chi connectivity index (χ3n) is 3.26. The molecule has 1 saturated heterocycles. The first-order chi connectivity index (χ1) is 6.45. The third kappa shape index (κ3) is 3.65. The Morgan fingerprint density at radius 1 is 1.08 bits per heavy atom. The van der Waals surface area contributed by atoms with Crippen LogP contribution in [0.25, 0.3) is 0 Å². The van der Waals surface area contributed by atoms with E-state index in [2.05, 4.69) is 10.6 Å². The van der Waals surface area contributed by atoms with E-state index in [0.717, 1.165) is 12.0 Å². The highest BCUT2D eigenvalue weighted by Gasteiger charge is 2.19. The van der Waals surface area contributed by atoms with Crippen LogP contribution in [0.4, 0.5) is 0 Å². The molecule has 2 aliphatic rings. The van der Waals surface area contributed by atoms with E-state index in [0.29, 0.717) is 0 Å². The van der Waals surface area contributed by atoms with Gasteiger partial charge in [0, 0.05) is 6.04 Å². The van der Waals surface area contributed by atoms with Gasteiger partial charge in [-0.3, -0.25) is 0 Å². The van der Waals surface area contributed by atoms with Crippen LogP contribution in [-0.2, 0) is 0 Å². The zero-order valence-electron chi connectivity index (χ0n) is 8.52. The summed E-state index contributed by atoms with van der Waals surface area (Å²) in [6.45, 7) is 3.76. The molecule has 1 aliphatic carbocycles. The Bertz CT molecular complexity index is 137. The van der Waals surface area contributed by atoms with Crippen LogP contribution in [0.15, 0.2) is 0 Å². The molecule has 0 amide bonds. The Kier molecular flexibility index (Phi) is 3.62. The number of hydrogen-bond donors (Lipinski definition) is 2. The molecule has 2 nitrogen and oxygen atoms in total. The average molecular weight is 182 g/mol. The van der Waals surface area contributed by atoms with Crippen molar-refractivity contribution in [3.8, 4) is 0 Å². The minimum absolute atomic E-state index is 0.896. The van der Waals surface area contributed by atoms with Gasteiger partial charge in [-0.1, -0.05) is 0 Å². The van der Waals surface area contributed by atoms with Crippen LogP contribution in [0.5, 0.6) is 0 Å². The highest BCUT2D eigenvalue weighted by molar-refractivity contribution is 4.80. The average Bonchev–Trinajstić information content (AvgIpc) is 2.98. The van der Waals surface area contributed by atoms with Crippen molar-refractivity contribution in [3.63, 3.8) is 0 Å². The van der Waals surface area contributed by atoms with Gasteiger partial charge in [0.1, 0.15) is 0 Å². The van der Waals surface area contributed by atoms with Gasteiger partial charge in [-0.15, -0.1) is 0 Å². The maximum absolute atomic E-state index is 3.58. The standard InChI is InChI=1S/C11H22N2/c1(7-13-11-3-4-11)2-10-5-8-12-9-6-10/h10-13H,1-9H2. The molecule has 2 fully saturated rings. The molecule has 1 aliphatic heterocycles. The molecule has 1 saturated carbocycles. The van der Waals surface area contributed by atoms with Crippen LogP contribution in [0.1, 0.15) is 38.5 Å². The molecular formula is C11H22N2. The largest absolute Gasteiger partial charge is 0.317 e. The van der Waals surface area contributed by atoms with E-state index < -0.39 is 0 Å². The summed E-state index contributed by atoms with van der Waals surface area (Å²) in [6.07, 6.45) is 8.50. The summed E-state index contributed by atoms with van der Waals surface area (Å²) < 4.78 is 0. The monoisotopic (exact) mass is 182 g/mol. The Hall–Kier alpha value is -0.0800. The van der Waals surface area contributed by atoms with Crippen LogP contribution < -0.4 is 10.6 Å². The first-order valence-electron chi connectivity index (χ1n) is 5.89. The molecule has 0 spiro atoms. The normalized spacial score (nSPS) is 24.9. The number of hydrogen-bond acceptors (Lipinski definition) is 2. The lowest BCUT2D eigenvalue weighted by atomic mass is 9.93. The third-order valence-corrected chi connectivity index (χ3v) is 3.26. The van der Waals surface area contributed by atoms with Crippen LogP contribution in [0.2, 0.25) is 0 Å². The molecule has 0 atom stereocenters. The predicted octanol–water partition coefficient (Wildman–Crippen LogP) is 1.52. The molecule has 2 rings (SSSR count). The fourth-order valence-corrected chi connectivity index (χ4v) is 2.15. The van der Waals surface area contributed by atoms with Gasteiger partial charge in [-0.2, -0.15) is 0 Å². The minimum Gasteiger partial charge on any atom is -0.317 e. The lowest BCUT2D eigenvalue weighted by Gasteiger charge is -2.22. The maximum Gasteiger partial charge on any atom is 0.00682 e. The van der Waals surface area contributed by atoms with Crippen LogP contribution in [0, 0.1) is 5.92 Å². The van der Waals surface area contributed by atoms with Crippen LogP contribution >= 0.6 is 0 Å². The second-order valence-electron chi connectivity index (χ2n) is 4.56. The molecule has 13 heavy (non-hydrogen) atoms. The highest BCUT2D eigenvalue weighted by atomic mass is 14.9. The first kappa shape index (κ1) is 9.47. The van der Waals surface area contributed by atoms with Gasteiger partial charge in [-0.25, -0.2) is 0 Å².